The van der Waals surface area contributed by atoms with Crippen LogP contribution in [0.25, 0.3) is 0 Å². The molecule has 0 aromatic heterocycles. The molecule has 0 amide bonds. The van der Waals surface area contributed by atoms with Crippen LogP contribution in [-0.2, 0) is 15.6 Å². The first kappa shape index (κ1) is 4.35. The summed E-state index contributed by atoms with van der Waals surface area (Å²) >= 11 is 3.00. The summed E-state index contributed by atoms with van der Waals surface area (Å²) in [5, 5.41) is 7.75. The Labute approximate surface area is 33.0 Å². The molecule has 0 bridgehead atoms. The molecule has 4 heavy (non-hydrogen) atoms. The van der Waals surface area contributed by atoms with Crippen molar-refractivity contribution in [2.75, 3.05) is 0 Å². The van der Waals surface area contributed by atoms with E-state index in [0.29, 0.717) is 0 Å². The summed E-state index contributed by atoms with van der Waals surface area (Å²) in [7, 11) is 0. The van der Waals surface area contributed by atoms with E-state index in [0.717, 1.165) is 0 Å². The van der Waals surface area contributed by atoms with Crippen molar-refractivity contribution in [2.24, 2.45) is 0 Å². The van der Waals surface area contributed by atoms with E-state index in [1.807, 2.05) is 0 Å². The van der Waals surface area contributed by atoms with Gasteiger partial charge in [-0.2, -0.15) is 0 Å². The molecule has 2 heteroatoms. The van der Waals surface area contributed by atoms with Gasteiger partial charge in [-0.25, -0.2) is 0 Å². The molecular weight excluding hydrogens is 95.9 g/mol. The summed E-state index contributed by atoms with van der Waals surface area (Å²) in [5.74, 6) is 0. The van der Waals surface area contributed by atoms with E-state index in [1.165, 1.54) is 0 Å². The van der Waals surface area contributed by atoms with Crippen LogP contribution < -0.4 is 0 Å². The first-order valence-electron chi connectivity index (χ1n) is 0.754. The van der Waals surface area contributed by atoms with Gasteiger partial charge in [0.05, 0.1) is 0 Å². The van der Waals surface area contributed by atoms with Crippen LogP contribution >= 0.6 is 0 Å². The van der Waals surface area contributed by atoms with E-state index >= 15 is 0 Å². The molecule has 25 valence electrons. The van der Waals surface area contributed by atoms with Crippen molar-refractivity contribution in [3.8, 4) is 0 Å². The Morgan fingerprint density at radius 2 is 2.00 bits per heavy atom. The fraction of sp³-hybridized carbons (Fsp3) is 0. The van der Waals surface area contributed by atoms with E-state index in [9.17, 15) is 0 Å². The zero-order valence-electron chi connectivity index (χ0n) is 2.01. The molecule has 0 aromatic carbocycles. The second-order valence-corrected chi connectivity index (χ2v) is 0.999. The van der Waals surface area contributed by atoms with Crippen molar-refractivity contribution in [1.82, 2.24) is 0 Å². The fourth-order valence-electron chi connectivity index (χ4n) is 0. The average molecular weight is 98.9 g/mol. The second kappa shape index (κ2) is 1.65. The SMILES string of the molecule is [CH2-][C](O)=[Fe+]. The molecule has 1 N–H and O–H groups in total. The van der Waals surface area contributed by atoms with Crippen LogP contribution in [0.2, 0.25) is 0 Å². The maximum absolute atomic E-state index is 7.75. The van der Waals surface area contributed by atoms with Gasteiger partial charge in [-0.05, 0) is 0 Å². The quantitative estimate of drug-likeness (QED) is 0.331. The number of aliphatic hydroxyl groups excluding tert-OH is 1. The van der Waals surface area contributed by atoms with Crippen molar-refractivity contribution in [3.63, 3.8) is 0 Å². The number of rotatable bonds is 0. The van der Waals surface area contributed by atoms with Gasteiger partial charge in [-0.3, -0.25) is 0 Å². The number of aliphatic hydroxyl groups is 1. The Morgan fingerprint density at radius 3 is 2.00 bits per heavy atom. The molecule has 0 aromatic rings. The number of hydrogen-bond donors (Lipinski definition) is 1. The predicted octanol–water partition coefficient (Wildman–Crippen LogP) is -0.130. The van der Waals surface area contributed by atoms with Crippen LogP contribution in [0.3, 0.4) is 0 Å². The molecule has 0 unspecified atom stereocenters. The molecule has 0 aliphatic rings. The molecule has 0 heterocycles. The molecule has 0 fully saturated rings. The molecule has 0 aliphatic heterocycles. The summed E-state index contributed by atoms with van der Waals surface area (Å²) in [5.41, 5.74) is 0. The predicted molar refractivity (Wildman–Crippen MR) is 12.3 cm³/mol. The third-order valence-corrected chi connectivity index (χ3v) is 0. The normalized spacial score (nSPS) is 6.50. The van der Waals surface area contributed by atoms with Gasteiger partial charge in [-0.1, -0.05) is 0 Å². The Hall–Kier alpha value is 0.349. The topological polar surface area (TPSA) is 20.2 Å². The summed E-state index contributed by atoms with van der Waals surface area (Å²) in [4.78, 5) is 0. The zero-order valence-corrected chi connectivity index (χ0v) is 3.11. The maximum atomic E-state index is 7.75. The summed E-state index contributed by atoms with van der Waals surface area (Å²) in [6, 6.07) is 0. The molecular formula is C2H3FeO. The molecule has 0 aliphatic carbocycles. The molecule has 0 atom stereocenters. The monoisotopic (exact) mass is 99.0 g/mol. The van der Waals surface area contributed by atoms with Crippen molar-refractivity contribution in [2.45, 2.75) is 0 Å². The summed E-state index contributed by atoms with van der Waals surface area (Å²) < 4.78 is -0.0833. The number of hydrogen-bond acceptors (Lipinski definition) is 1. The van der Waals surface area contributed by atoms with Gasteiger partial charge in [0.1, 0.15) is 0 Å². The van der Waals surface area contributed by atoms with E-state index in [2.05, 4.69) is 22.5 Å². The van der Waals surface area contributed by atoms with Crippen LogP contribution in [0.4, 0.5) is 0 Å². The van der Waals surface area contributed by atoms with Crippen LogP contribution in [-0.4, -0.2) is 9.71 Å². The molecule has 1 nitrogen and oxygen atoms in total. The van der Waals surface area contributed by atoms with E-state index in [-0.39, 0.29) is 4.60 Å². The van der Waals surface area contributed by atoms with E-state index in [4.69, 9.17) is 5.11 Å². The average Bonchev–Trinajstić information content (AvgIpc) is 0.811. The zero-order chi connectivity index (χ0) is 3.58. The third kappa shape index (κ3) is 35.0. The third-order valence-electron chi connectivity index (χ3n) is 0. The van der Waals surface area contributed by atoms with Gasteiger partial charge in [0.15, 0.2) is 0 Å². The fourth-order valence-corrected chi connectivity index (χ4v) is 0. The van der Waals surface area contributed by atoms with Crippen molar-refractivity contribution in [1.29, 1.82) is 0 Å². The van der Waals surface area contributed by atoms with Crippen LogP contribution in [0.1, 0.15) is 0 Å². The Balaban J connectivity index is 2.80. The summed E-state index contributed by atoms with van der Waals surface area (Å²) in [6.07, 6.45) is 0. The Kier molecular flexibility index (Phi) is 1.79. The molecule has 0 spiro atoms. The standard InChI is InChI=1S/C2H3O.Fe/c1-2-3;/h3H,1H2;/q-1;+1. The van der Waals surface area contributed by atoms with E-state index in [1.54, 1.807) is 0 Å². The van der Waals surface area contributed by atoms with Gasteiger partial charge in [-0.15, -0.1) is 0 Å². The summed E-state index contributed by atoms with van der Waals surface area (Å²) in [6.45, 7) is 3.00. The minimum absolute atomic E-state index is 0.0833. The van der Waals surface area contributed by atoms with Gasteiger partial charge in [0.25, 0.3) is 0 Å². The minimum atomic E-state index is -0.0833. The Morgan fingerprint density at radius 1 is 2.00 bits per heavy atom. The van der Waals surface area contributed by atoms with Crippen molar-refractivity contribution < 1.29 is 20.7 Å². The first-order valence-corrected chi connectivity index (χ1v) is 1.31. The van der Waals surface area contributed by atoms with Crippen LogP contribution in [0.15, 0.2) is 0 Å². The first-order chi connectivity index (χ1) is 1.73. The molecule has 0 saturated heterocycles. The van der Waals surface area contributed by atoms with Crippen molar-refractivity contribution in [3.05, 3.63) is 6.92 Å². The van der Waals surface area contributed by atoms with Crippen LogP contribution in [0.5, 0.6) is 0 Å². The molecule has 0 rings (SSSR count). The van der Waals surface area contributed by atoms with Gasteiger partial charge in [0, 0.05) is 0 Å². The molecule has 0 radical (unpaired) electrons. The van der Waals surface area contributed by atoms with Gasteiger partial charge < -0.3 is 0 Å². The van der Waals surface area contributed by atoms with Gasteiger partial charge in [0.2, 0.25) is 0 Å². The second-order valence-electron chi connectivity index (χ2n) is 0.362. The Bertz CT molecular complexity index is 29.0. The molecule has 0 saturated carbocycles. The van der Waals surface area contributed by atoms with Crippen molar-refractivity contribution >= 4 is 4.60 Å². The van der Waals surface area contributed by atoms with Crippen LogP contribution in [0, 0.1) is 6.92 Å². The van der Waals surface area contributed by atoms with Gasteiger partial charge >= 0.3 is 32.2 Å². The van der Waals surface area contributed by atoms with E-state index < -0.39 is 0 Å².